The fourth-order valence-electron chi connectivity index (χ4n) is 3.73. The summed E-state index contributed by atoms with van der Waals surface area (Å²) < 4.78 is 71.0. The summed E-state index contributed by atoms with van der Waals surface area (Å²) in [6.45, 7) is 1.76. The quantitative estimate of drug-likeness (QED) is 0.501. The Bertz CT molecular complexity index is 868. The van der Waals surface area contributed by atoms with Gasteiger partial charge in [0.25, 0.3) is 0 Å². The molecule has 0 spiro atoms. The summed E-state index contributed by atoms with van der Waals surface area (Å²) in [5, 5.41) is 0. The molecule has 0 heterocycles. The first-order chi connectivity index (χ1) is 15.3. The molecular formula is C22H34F3N3O4S. The summed E-state index contributed by atoms with van der Waals surface area (Å²) in [5.74, 6) is 0.0212. The van der Waals surface area contributed by atoms with Crippen molar-refractivity contribution >= 4 is 15.9 Å². The maximum atomic E-state index is 12.8. The molecule has 1 aromatic carbocycles. The van der Waals surface area contributed by atoms with Gasteiger partial charge in [-0.1, -0.05) is 0 Å². The monoisotopic (exact) mass is 493 g/mol. The molecule has 33 heavy (non-hydrogen) atoms. The lowest BCUT2D eigenvalue weighted by atomic mass is 9.93. The molecule has 0 aliphatic heterocycles. The molecule has 0 radical (unpaired) electrons. The molecule has 2 rings (SSSR count). The number of carbonyl (C=O) groups is 1. The molecule has 0 bridgehead atoms. The highest BCUT2D eigenvalue weighted by atomic mass is 32.2. The molecule has 1 amide bonds. The second kappa shape index (κ2) is 11.6. The molecule has 11 heteroatoms. The number of benzene rings is 1. The average molecular weight is 494 g/mol. The van der Waals surface area contributed by atoms with Crippen LogP contribution in [-0.2, 0) is 25.7 Å². The second-order valence-electron chi connectivity index (χ2n) is 8.71. The van der Waals surface area contributed by atoms with Crippen LogP contribution >= 0.6 is 0 Å². The smallest absolute Gasteiger partial charge is 0.378 e. The Hall–Kier alpha value is -1.69. The van der Waals surface area contributed by atoms with Gasteiger partial charge in [-0.3, -0.25) is 4.79 Å². The summed E-state index contributed by atoms with van der Waals surface area (Å²) in [6, 6.07) is 3.30. The van der Waals surface area contributed by atoms with E-state index in [1.807, 2.05) is 19.0 Å². The van der Waals surface area contributed by atoms with Crippen molar-refractivity contribution in [3.05, 3.63) is 29.8 Å². The molecule has 0 atom stereocenters. The molecule has 1 aliphatic rings. The summed E-state index contributed by atoms with van der Waals surface area (Å²) in [7, 11) is 3.23. The van der Waals surface area contributed by atoms with Gasteiger partial charge >= 0.3 is 6.18 Å². The van der Waals surface area contributed by atoms with E-state index < -0.39 is 21.8 Å². The second-order valence-corrected chi connectivity index (χ2v) is 10.7. The van der Waals surface area contributed by atoms with Gasteiger partial charge in [0.15, 0.2) is 0 Å². The van der Waals surface area contributed by atoms with E-state index in [4.69, 9.17) is 4.74 Å². The van der Waals surface area contributed by atoms with Crippen molar-refractivity contribution in [1.29, 1.82) is 0 Å². The first kappa shape index (κ1) is 27.6. The van der Waals surface area contributed by atoms with Gasteiger partial charge in [-0.25, -0.2) is 8.42 Å². The lowest BCUT2D eigenvalue weighted by Crippen LogP contribution is -2.40. The summed E-state index contributed by atoms with van der Waals surface area (Å²) in [5.41, 5.74) is -0.885. The van der Waals surface area contributed by atoms with Crippen LogP contribution in [0.3, 0.4) is 0 Å². The minimum Gasteiger partial charge on any atom is -0.378 e. The van der Waals surface area contributed by atoms with Crippen molar-refractivity contribution in [2.45, 2.75) is 55.3 Å². The van der Waals surface area contributed by atoms with E-state index in [0.29, 0.717) is 45.3 Å². The predicted molar refractivity (Wildman–Crippen MR) is 119 cm³/mol. The number of amides is 1. The number of hydrogen-bond donors (Lipinski definition) is 0. The van der Waals surface area contributed by atoms with E-state index in [-0.39, 0.29) is 22.9 Å². The van der Waals surface area contributed by atoms with E-state index >= 15 is 0 Å². The molecular weight excluding hydrogens is 459 g/mol. The zero-order valence-corrected chi connectivity index (χ0v) is 20.5. The zero-order valence-electron chi connectivity index (χ0n) is 19.6. The van der Waals surface area contributed by atoms with E-state index in [2.05, 4.69) is 0 Å². The molecule has 0 N–H and O–H groups in total. The SMILES string of the molecule is CN(C)CCN(C)C(=O)CCO[C@H]1CC[C@H](N(C)S(=O)(=O)c2ccc(C(F)(F)F)cc2)CC1. The highest BCUT2D eigenvalue weighted by Crippen LogP contribution is 2.32. The summed E-state index contributed by atoms with van der Waals surface area (Å²) >= 11 is 0. The van der Waals surface area contributed by atoms with Gasteiger partial charge in [-0.2, -0.15) is 17.5 Å². The number of sulfonamides is 1. The van der Waals surface area contributed by atoms with Crippen LogP contribution in [0.5, 0.6) is 0 Å². The molecule has 1 saturated carbocycles. The minimum absolute atomic E-state index is 0.0212. The molecule has 1 aliphatic carbocycles. The van der Waals surface area contributed by atoms with Crippen LogP contribution in [0, 0.1) is 0 Å². The van der Waals surface area contributed by atoms with Gasteiger partial charge in [0.2, 0.25) is 15.9 Å². The third-order valence-corrected chi connectivity index (χ3v) is 7.92. The Kier molecular flexibility index (Phi) is 9.71. The number of nitrogens with zero attached hydrogens (tertiary/aromatic N) is 3. The maximum absolute atomic E-state index is 12.8. The van der Waals surface area contributed by atoms with Crippen molar-refractivity contribution in [1.82, 2.24) is 14.1 Å². The van der Waals surface area contributed by atoms with Gasteiger partial charge in [0.1, 0.15) is 0 Å². The van der Waals surface area contributed by atoms with Crippen molar-refractivity contribution in [2.75, 3.05) is 47.9 Å². The predicted octanol–water partition coefficient (Wildman–Crippen LogP) is 3.06. The van der Waals surface area contributed by atoms with Crippen molar-refractivity contribution in [3.63, 3.8) is 0 Å². The minimum atomic E-state index is -4.52. The summed E-state index contributed by atoms with van der Waals surface area (Å²) in [4.78, 5) is 15.7. The van der Waals surface area contributed by atoms with Crippen LogP contribution in [0.15, 0.2) is 29.2 Å². The van der Waals surface area contributed by atoms with E-state index in [9.17, 15) is 26.4 Å². The third-order valence-electron chi connectivity index (χ3n) is 5.99. The van der Waals surface area contributed by atoms with Gasteiger partial charge < -0.3 is 14.5 Å². The fraction of sp³-hybridized carbons (Fsp3) is 0.682. The standard InChI is InChI=1S/C22H34F3N3O4S/c1-26(2)14-15-27(3)21(29)13-16-32-19-9-7-18(8-10-19)28(4)33(30,31)20-11-5-17(6-12-20)22(23,24)25/h5-6,11-12,18-19H,7-10,13-16H2,1-4H3/t18-,19-. The van der Waals surface area contributed by atoms with Crippen LogP contribution in [0.4, 0.5) is 13.2 Å². The Labute approximate surface area is 194 Å². The largest absolute Gasteiger partial charge is 0.416 e. The molecule has 1 fully saturated rings. The van der Waals surface area contributed by atoms with E-state index in [1.54, 1.807) is 11.9 Å². The highest BCUT2D eigenvalue weighted by molar-refractivity contribution is 7.89. The van der Waals surface area contributed by atoms with Crippen molar-refractivity contribution in [3.8, 4) is 0 Å². The van der Waals surface area contributed by atoms with Crippen LogP contribution in [0.2, 0.25) is 0 Å². The Balaban J connectivity index is 1.81. The number of hydrogen-bond acceptors (Lipinski definition) is 5. The maximum Gasteiger partial charge on any atom is 0.416 e. The lowest BCUT2D eigenvalue weighted by Gasteiger charge is -2.34. The highest BCUT2D eigenvalue weighted by Gasteiger charge is 2.34. The fourth-order valence-corrected chi connectivity index (χ4v) is 5.15. The number of ether oxygens (including phenoxy) is 1. The normalized spacial score (nSPS) is 19.8. The Morgan fingerprint density at radius 2 is 1.58 bits per heavy atom. The topological polar surface area (TPSA) is 70.2 Å². The Morgan fingerprint density at radius 1 is 1.00 bits per heavy atom. The number of carbonyl (C=O) groups excluding carboxylic acids is 1. The number of rotatable bonds is 10. The lowest BCUT2D eigenvalue weighted by molar-refractivity contribution is -0.137. The first-order valence-corrected chi connectivity index (χ1v) is 12.4. The number of likely N-dealkylation sites (N-methyl/N-ethyl adjacent to an activating group) is 2. The number of alkyl halides is 3. The van der Waals surface area contributed by atoms with Crippen LogP contribution < -0.4 is 0 Å². The van der Waals surface area contributed by atoms with Gasteiger partial charge in [-0.15, -0.1) is 0 Å². The molecule has 0 unspecified atom stereocenters. The molecule has 1 aromatic rings. The van der Waals surface area contributed by atoms with E-state index in [0.717, 1.165) is 30.8 Å². The first-order valence-electron chi connectivity index (χ1n) is 11.0. The Morgan fingerprint density at radius 3 is 2.09 bits per heavy atom. The van der Waals surface area contributed by atoms with Crippen LogP contribution in [0.1, 0.15) is 37.7 Å². The molecule has 0 saturated heterocycles. The van der Waals surface area contributed by atoms with Crippen molar-refractivity contribution in [2.24, 2.45) is 0 Å². The van der Waals surface area contributed by atoms with Crippen LogP contribution in [-0.4, -0.2) is 88.5 Å². The average Bonchev–Trinajstić information content (AvgIpc) is 2.76. The summed E-state index contributed by atoms with van der Waals surface area (Å²) in [6.07, 6.45) is -1.78. The molecule has 7 nitrogen and oxygen atoms in total. The zero-order chi connectivity index (χ0) is 24.8. The van der Waals surface area contributed by atoms with E-state index in [1.165, 1.54) is 11.4 Å². The number of halogens is 3. The van der Waals surface area contributed by atoms with Crippen LogP contribution in [0.25, 0.3) is 0 Å². The van der Waals surface area contributed by atoms with Gasteiger partial charge in [0.05, 0.1) is 29.6 Å². The van der Waals surface area contributed by atoms with Gasteiger partial charge in [-0.05, 0) is 64.0 Å². The van der Waals surface area contributed by atoms with Crippen molar-refractivity contribution < 1.29 is 31.1 Å². The molecule has 0 aromatic heterocycles. The molecule has 188 valence electrons. The van der Waals surface area contributed by atoms with Gasteiger partial charge in [0, 0.05) is 33.2 Å². The third kappa shape index (κ3) is 7.94.